The number of nitrogens with one attached hydrogen (secondary N) is 1. The van der Waals surface area contributed by atoms with Crippen LogP contribution < -0.4 is 10.2 Å². The fraction of sp³-hybridized carbons (Fsp3) is 0.462. The molecule has 0 unspecified atom stereocenters. The van der Waals surface area contributed by atoms with Crippen LogP contribution in [0.25, 0.3) is 0 Å². The minimum absolute atomic E-state index is 0.584. The fourth-order valence-electron chi connectivity index (χ4n) is 1.37. The molecule has 0 bridgehead atoms. The summed E-state index contributed by atoms with van der Waals surface area (Å²) in [5, 5.41) is 3.34. The molecule has 0 spiro atoms. The SMILES string of the molecule is C#CCN(C)c1ccc(CNCCC)cn1. The first-order valence-corrected chi connectivity index (χ1v) is 5.58. The van der Waals surface area contributed by atoms with Gasteiger partial charge in [-0.15, -0.1) is 6.42 Å². The van der Waals surface area contributed by atoms with Gasteiger partial charge < -0.3 is 10.2 Å². The highest BCUT2D eigenvalue weighted by atomic mass is 15.1. The molecule has 1 heterocycles. The van der Waals surface area contributed by atoms with E-state index in [1.54, 1.807) is 0 Å². The van der Waals surface area contributed by atoms with Gasteiger partial charge in [0.05, 0.1) is 6.54 Å². The summed E-state index contributed by atoms with van der Waals surface area (Å²) in [7, 11) is 1.94. The highest BCUT2D eigenvalue weighted by Gasteiger charge is 2.00. The molecule has 0 aliphatic heterocycles. The number of hydrogen-bond donors (Lipinski definition) is 1. The van der Waals surface area contributed by atoms with Crippen molar-refractivity contribution in [3.05, 3.63) is 23.9 Å². The van der Waals surface area contributed by atoms with Crippen molar-refractivity contribution in [3.8, 4) is 12.3 Å². The maximum Gasteiger partial charge on any atom is 0.129 e. The van der Waals surface area contributed by atoms with Crippen molar-refractivity contribution in [2.45, 2.75) is 19.9 Å². The van der Waals surface area contributed by atoms with Gasteiger partial charge in [-0.1, -0.05) is 18.9 Å². The lowest BCUT2D eigenvalue weighted by atomic mass is 10.2. The highest BCUT2D eigenvalue weighted by Crippen LogP contribution is 2.08. The molecule has 0 aliphatic rings. The van der Waals surface area contributed by atoms with Crippen LogP contribution in [0.4, 0.5) is 5.82 Å². The second-order valence-electron chi connectivity index (χ2n) is 3.76. The average Bonchev–Trinajstić information content (AvgIpc) is 2.30. The minimum Gasteiger partial charge on any atom is -0.349 e. The zero-order valence-corrected chi connectivity index (χ0v) is 10.0. The van der Waals surface area contributed by atoms with Crippen molar-refractivity contribution in [1.82, 2.24) is 10.3 Å². The number of hydrogen-bond acceptors (Lipinski definition) is 3. The Morgan fingerprint density at radius 2 is 2.31 bits per heavy atom. The molecule has 1 aromatic heterocycles. The molecule has 0 saturated heterocycles. The molecule has 1 rings (SSSR count). The van der Waals surface area contributed by atoms with Crippen LogP contribution in [0.3, 0.4) is 0 Å². The number of anilines is 1. The van der Waals surface area contributed by atoms with Crippen molar-refractivity contribution >= 4 is 5.82 Å². The van der Waals surface area contributed by atoms with Crippen LogP contribution in [-0.2, 0) is 6.54 Å². The van der Waals surface area contributed by atoms with E-state index in [0.29, 0.717) is 6.54 Å². The molecule has 86 valence electrons. The number of aromatic nitrogens is 1. The summed E-state index contributed by atoms with van der Waals surface area (Å²) in [6.07, 6.45) is 8.29. The molecule has 1 N–H and O–H groups in total. The van der Waals surface area contributed by atoms with Crippen LogP contribution in [0.5, 0.6) is 0 Å². The van der Waals surface area contributed by atoms with Crippen LogP contribution in [-0.4, -0.2) is 25.1 Å². The molecule has 0 fully saturated rings. The Hall–Kier alpha value is -1.53. The molecule has 0 amide bonds. The molecule has 0 radical (unpaired) electrons. The first kappa shape index (κ1) is 12.5. The monoisotopic (exact) mass is 217 g/mol. The lowest BCUT2D eigenvalue weighted by Crippen LogP contribution is -2.18. The third-order valence-electron chi connectivity index (χ3n) is 2.28. The van der Waals surface area contributed by atoms with Crippen molar-refractivity contribution in [1.29, 1.82) is 0 Å². The standard InChI is InChI=1S/C13H19N3/c1-4-8-14-10-12-6-7-13(15-11-12)16(3)9-5-2/h2,6-7,11,14H,4,8-10H2,1,3H3. The third-order valence-corrected chi connectivity index (χ3v) is 2.28. The molecule has 0 aromatic carbocycles. The smallest absolute Gasteiger partial charge is 0.129 e. The molecule has 16 heavy (non-hydrogen) atoms. The first-order chi connectivity index (χ1) is 7.77. The lowest BCUT2D eigenvalue weighted by molar-refractivity contribution is 0.674. The second-order valence-corrected chi connectivity index (χ2v) is 3.76. The maximum atomic E-state index is 5.25. The van der Waals surface area contributed by atoms with Gasteiger partial charge in [-0.05, 0) is 24.6 Å². The zero-order chi connectivity index (χ0) is 11.8. The van der Waals surface area contributed by atoms with Gasteiger partial charge in [-0.25, -0.2) is 4.98 Å². The Kier molecular flexibility index (Phi) is 5.38. The summed E-state index contributed by atoms with van der Waals surface area (Å²) >= 11 is 0. The Morgan fingerprint density at radius 1 is 1.50 bits per heavy atom. The molecule has 0 saturated carbocycles. The number of pyridine rings is 1. The van der Waals surface area contributed by atoms with Gasteiger partial charge in [0.1, 0.15) is 5.82 Å². The van der Waals surface area contributed by atoms with Crippen LogP contribution in [0.1, 0.15) is 18.9 Å². The largest absolute Gasteiger partial charge is 0.349 e. The second kappa shape index (κ2) is 6.86. The van der Waals surface area contributed by atoms with E-state index < -0.39 is 0 Å². The third kappa shape index (κ3) is 3.92. The van der Waals surface area contributed by atoms with Crippen molar-refractivity contribution in [2.24, 2.45) is 0 Å². The molecule has 3 nitrogen and oxygen atoms in total. The summed E-state index contributed by atoms with van der Waals surface area (Å²) in [5.74, 6) is 3.51. The summed E-state index contributed by atoms with van der Waals surface area (Å²) in [6, 6.07) is 4.08. The van der Waals surface area contributed by atoms with Gasteiger partial charge in [-0.2, -0.15) is 0 Å². The number of terminal acetylenes is 1. The topological polar surface area (TPSA) is 28.2 Å². The van der Waals surface area contributed by atoms with Crippen LogP contribution >= 0.6 is 0 Å². The summed E-state index contributed by atoms with van der Waals surface area (Å²) in [5.41, 5.74) is 1.20. The van der Waals surface area contributed by atoms with E-state index in [4.69, 9.17) is 6.42 Å². The van der Waals surface area contributed by atoms with E-state index in [1.165, 1.54) is 5.56 Å². The summed E-state index contributed by atoms with van der Waals surface area (Å²) in [6.45, 7) is 4.66. The van der Waals surface area contributed by atoms with Gasteiger partial charge in [0.15, 0.2) is 0 Å². The average molecular weight is 217 g/mol. The van der Waals surface area contributed by atoms with Crippen LogP contribution in [0, 0.1) is 12.3 Å². The predicted molar refractivity (Wildman–Crippen MR) is 68.3 cm³/mol. The minimum atomic E-state index is 0.584. The van der Waals surface area contributed by atoms with E-state index >= 15 is 0 Å². The van der Waals surface area contributed by atoms with E-state index in [2.05, 4.69) is 29.2 Å². The Morgan fingerprint density at radius 3 is 2.88 bits per heavy atom. The van der Waals surface area contributed by atoms with Crippen molar-refractivity contribution < 1.29 is 0 Å². The van der Waals surface area contributed by atoms with Gasteiger partial charge in [0.25, 0.3) is 0 Å². The number of rotatable bonds is 6. The Balaban J connectivity index is 2.51. The molecule has 0 aliphatic carbocycles. The molecular formula is C13H19N3. The highest BCUT2D eigenvalue weighted by molar-refractivity contribution is 5.39. The molecule has 3 heteroatoms. The zero-order valence-electron chi connectivity index (χ0n) is 10.0. The van der Waals surface area contributed by atoms with E-state index in [9.17, 15) is 0 Å². The van der Waals surface area contributed by atoms with Crippen molar-refractivity contribution in [3.63, 3.8) is 0 Å². The van der Waals surface area contributed by atoms with E-state index in [0.717, 1.165) is 25.3 Å². The van der Waals surface area contributed by atoms with Gasteiger partial charge >= 0.3 is 0 Å². The fourth-order valence-corrected chi connectivity index (χ4v) is 1.37. The van der Waals surface area contributed by atoms with Crippen LogP contribution in [0.15, 0.2) is 18.3 Å². The van der Waals surface area contributed by atoms with Gasteiger partial charge in [0.2, 0.25) is 0 Å². The maximum absolute atomic E-state index is 5.25. The number of nitrogens with zero attached hydrogens (tertiary/aromatic N) is 2. The van der Waals surface area contributed by atoms with Gasteiger partial charge in [-0.3, -0.25) is 0 Å². The summed E-state index contributed by atoms with van der Waals surface area (Å²) in [4.78, 5) is 6.31. The predicted octanol–water partition coefficient (Wildman–Crippen LogP) is 1.65. The quantitative estimate of drug-likeness (QED) is 0.580. The Labute approximate surface area is 97.9 Å². The Bertz CT molecular complexity index is 337. The molecule has 1 aromatic rings. The van der Waals surface area contributed by atoms with Crippen LogP contribution in [0.2, 0.25) is 0 Å². The normalized spacial score (nSPS) is 9.81. The van der Waals surface area contributed by atoms with E-state index in [-0.39, 0.29) is 0 Å². The van der Waals surface area contributed by atoms with E-state index in [1.807, 2.05) is 24.2 Å². The molecular weight excluding hydrogens is 198 g/mol. The summed E-state index contributed by atoms with van der Waals surface area (Å²) < 4.78 is 0. The van der Waals surface area contributed by atoms with Gasteiger partial charge in [0, 0.05) is 19.8 Å². The molecule has 0 atom stereocenters. The van der Waals surface area contributed by atoms with Crippen molar-refractivity contribution in [2.75, 3.05) is 25.0 Å². The first-order valence-electron chi connectivity index (χ1n) is 5.58. The lowest BCUT2D eigenvalue weighted by Gasteiger charge is -2.14.